The molecule has 0 aliphatic rings. The molecule has 0 fully saturated rings. The smallest absolute Gasteiger partial charge is 0.114 e. The SMILES string of the molecule is CC=NC=N/C=C\CC(C)C. The van der Waals surface area contributed by atoms with Crippen LogP contribution in [0, 0.1) is 5.92 Å². The lowest BCUT2D eigenvalue weighted by atomic mass is 10.1. The predicted octanol–water partition coefficient (Wildman–Crippen LogP) is 2.67. The van der Waals surface area contributed by atoms with Gasteiger partial charge in [-0.05, 0) is 19.3 Å². The van der Waals surface area contributed by atoms with Crippen molar-refractivity contribution in [2.75, 3.05) is 0 Å². The first-order chi connectivity index (χ1) is 5.27. The number of hydrogen-bond acceptors (Lipinski definition) is 1. The highest BCUT2D eigenvalue weighted by Gasteiger charge is 1.84. The molecule has 0 saturated heterocycles. The summed E-state index contributed by atoms with van der Waals surface area (Å²) in [7, 11) is 0. The molecule has 0 radical (unpaired) electrons. The van der Waals surface area contributed by atoms with Crippen molar-refractivity contribution < 1.29 is 0 Å². The van der Waals surface area contributed by atoms with E-state index in [-0.39, 0.29) is 0 Å². The fourth-order valence-corrected chi connectivity index (χ4v) is 0.538. The van der Waals surface area contributed by atoms with Gasteiger partial charge < -0.3 is 0 Å². The Balaban J connectivity index is 3.44. The highest BCUT2D eigenvalue weighted by molar-refractivity contribution is 5.70. The average Bonchev–Trinajstić information content (AvgIpc) is 1.96. The van der Waals surface area contributed by atoms with E-state index < -0.39 is 0 Å². The van der Waals surface area contributed by atoms with Crippen LogP contribution in [0.3, 0.4) is 0 Å². The van der Waals surface area contributed by atoms with Crippen molar-refractivity contribution in [2.45, 2.75) is 27.2 Å². The van der Waals surface area contributed by atoms with Gasteiger partial charge in [0.05, 0.1) is 0 Å². The molecule has 0 spiro atoms. The fraction of sp³-hybridized carbons (Fsp3) is 0.556. The average molecular weight is 152 g/mol. The first-order valence-electron chi connectivity index (χ1n) is 3.91. The second-order valence-electron chi connectivity index (χ2n) is 2.69. The van der Waals surface area contributed by atoms with Crippen LogP contribution < -0.4 is 0 Å². The molecule has 0 aliphatic carbocycles. The summed E-state index contributed by atoms with van der Waals surface area (Å²) in [5.41, 5.74) is 0. The van der Waals surface area contributed by atoms with Crippen molar-refractivity contribution in [3.05, 3.63) is 12.3 Å². The van der Waals surface area contributed by atoms with Gasteiger partial charge in [-0.25, -0.2) is 9.98 Å². The summed E-state index contributed by atoms with van der Waals surface area (Å²) in [6.45, 7) is 6.22. The number of nitrogens with zero attached hydrogens (tertiary/aromatic N) is 2. The zero-order chi connectivity index (χ0) is 8.53. The molecule has 0 aromatic carbocycles. The van der Waals surface area contributed by atoms with Crippen LogP contribution in [0.2, 0.25) is 0 Å². The molecule has 0 heterocycles. The minimum absolute atomic E-state index is 0.705. The summed E-state index contributed by atoms with van der Waals surface area (Å²) in [6, 6.07) is 0. The van der Waals surface area contributed by atoms with Crippen molar-refractivity contribution in [1.29, 1.82) is 0 Å². The molecular formula is C9H16N2. The quantitative estimate of drug-likeness (QED) is 0.437. The zero-order valence-electron chi connectivity index (χ0n) is 7.49. The minimum Gasteiger partial charge on any atom is -0.250 e. The predicted molar refractivity (Wildman–Crippen MR) is 51.3 cm³/mol. The van der Waals surface area contributed by atoms with Gasteiger partial charge in [-0.15, -0.1) is 0 Å². The first kappa shape index (κ1) is 10.1. The van der Waals surface area contributed by atoms with Gasteiger partial charge in [0.15, 0.2) is 0 Å². The Hall–Kier alpha value is -0.920. The molecule has 2 nitrogen and oxygen atoms in total. The monoisotopic (exact) mass is 152 g/mol. The van der Waals surface area contributed by atoms with E-state index in [1.807, 2.05) is 13.0 Å². The maximum atomic E-state index is 3.93. The van der Waals surface area contributed by atoms with E-state index in [9.17, 15) is 0 Å². The van der Waals surface area contributed by atoms with Gasteiger partial charge in [-0.3, -0.25) is 0 Å². The van der Waals surface area contributed by atoms with Crippen LogP contribution in [0.4, 0.5) is 0 Å². The highest BCUT2D eigenvalue weighted by atomic mass is 14.8. The summed E-state index contributed by atoms with van der Waals surface area (Å²) >= 11 is 0. The topological polar surface area (TPSA) is 24.7 Å². The van der Waals surface area contributed by atoms with Gasteiger partial charge in [0, 0.05) is 12.4 Å². The summed E-state index contributed by atoms with van der Waals surface area (Å²) in [5, 5.41) is 0. The Morgan fingerprint density at radius 2 is 2.00 bits per heavy atom. The highest BCUT2D eigenvalue weighted by Crippen LogP contribution is 1.99. The Morgan fingerprint density at radius 3 is 2.55 bits per heavy atom. The van der Waals surface area contributed by atoms with E-state index in [0.29, 0.717) is 5.92 Å². The summed E-state index contributed by atoms with van der Waals surface area (Å²) in [5.74, 6) is 0.705. The lowest BCUT2D eigenvalue weighted by Crippen LogP contribution is -1.80. The molecule has 0 aromatic rings. The second-order valence-corrected chi connectivity index (χ2v) is 2.69. The molecule has 0 atom stereocenters. The Bertz CT molecular complexity index is 155. The molecule has 0 amide bonds. The van der Waals surface area contributed by atoms with Gasteiger partial charge in [0.25, 0.3) is 0 Å². The van der Waals surface area contributed by atoms with E-state index >= 15 is 0 Å². The van der Waals surface area contributed by atoms with Crippen molar-refractivity contribution in [2.24, 2.45) is 15.9 Å². The van der Waals surface area contributed by atoms with Crippen LogP contribution in [0.15, 0.2) is 22.3 Å². The zero-order valence-corrected chi connectivity index (χ0v) is 7.49. The van der Waals surface area contributed by atoms with Crippen LogP contribution in [0.5, 0.6) is 0 Å². The number of hydrogen-bond donors (Lipinski definition) is 0. The molecule has 0 rings (SSSR count). The van der Waals surface area contributed by atoms with Gasteiger partial charge in [-0.1, -0.05) is 19.9 Å². The molecule has 0 N–H and O–H groups in total. The molecular weight excluding hydrogens is 136 g/mol. The van der Waals surface area contributed by atoms with Gasteiger partial charge in [-0.2, -0.15) is 0 Å². The lowest BCUT2D eigenvalue weighted by molar-refractivity contribution is 0.663. The molecule has 0 bridgehead atoms. The van der Waals surface area contributed by atoms with Crippen molar-refractivity contribution in [3.8, 4) is 0 Å². The molecule has 0 saturated carbocycles. The molecule has 0 aromatic heterocycles. The summed E-state index contributed by atoms with van der Waals surface area (Å²) < 4.78 is 0. The minimum atomic E-state index is 0.705. The van der Waals surface area contributed by atoms with Gasteiger partial charge in [0.1, 0.15) is 6.34 Å². The summed E-state index contributed by atoms with van der Waals surface area (Å²) in [6.07, 6.45) is 8.16. The third-order valence-corrected chi connectivity index (χ3v) is 1.08. The largest absolute Gasteiger partial charge is 0.250 e. The third kappa shape index (κ3) is 9.08. The number of rotatable bonds is 4. The lowest BCUT2D eigenvalue weighted by Gasteiger charge is -1.93. The van der Waals surface area contributed by atoms with Gasteiger partial charge >= 0.3 is 0 Å². The van der Waals surface area contributed by atoms with Crippen LogP contribution in [0.1, 0.15) is 27.2 Å². The van der Waals surface area contributed by atoms with Crippen molar-refractivity contribution in [3.63, 3.8) is 0 Å². The molecule has 62 valence electrons. The van der Waals surface area contributed by atoms with E-state index in [2.05, 4.69) is 23.8 Å². The molecule has 2 heteroatoms. The van der Waals surface area contributed by atoms with Crippen molar-refractivity contribution >= 4 is 12.6 Å². The normalized spacial score (nSPS) is 13.1. The number of allylic oxidation sites excluding steroid dienone is 1. The molecule has 0 unspecified atom stereocenters. The Labute approximate surface area is 68.8 Å². The second kappa shape index (κ2) is 7.19. The van der Waals surface area contributed by atoms with Crippen LogP contribution in [-0.4, -0.2) is 12.6 Å². The van der Waals surface area contributed by atoms with Crippen LogP contribution in [0.25, 0.3) is 0 Å². The Kier molecular flexibility index (Phi) is 6.59. The van der Waals surface area contributed by atoms with E-state index in [1.54, 1.807) is 12.4 Å². The van der Waals surface area contributed by atoms with E-state index in [4.69, 9.17) is 0 Å². The standard InChI is InChI=1S/C9H16N2/c1-4-10-8-11-7-5-6-9(2)3/h4-5,7-9H,6H2,1-3H3/b7-5-,10-4?,11-8?. The van der Waals surface area contributed by atoms with E-state index in [1.165, 1.54) is 6.34 Å². The fourth-order valence-electron chi connectivity index (χ4n) is 0.538. The third-order valence-electron chi connectivity index (χ3n) is 1.08. The maximum absolute atomic E-state index is 3.93. The number of aliphatic imine (C=N–C) groups is 2. The maximum Gasteiger partial charge on any atom is 0.114 e. The Morgan fingerprint density at radius 1 is 1.27 bits per heavy atom. The van der Waals surface area contributed by atoms with Crippen LogP contribution in [-0.2, 0) is 0 Å². The van der Waals surface area contributed by atoms with Crippen molar-refractivity contribution in [1.82, 2.24) is 0 Å². The van der Waals surface area contributed by atoms with Gasteiger partial charge in [0.2, 0.25) is 0 Å². The summed E-state index contributed by atoms with van der Waals surface area (Å²) in [4.78, 5) is 7.75. The molecule has 11 heavy (non-hydrogen) atoms. The van der Waals surface area contributed by atoms with Crippen LogP contribution >= 0.6 is 0 Å². The van der Waals surface area contributed by atoms with E-state index in [0.717, 1.165) is 6.42 Å². The molecule has 0 aliphatic heterocycles. The first-order valence-corrected chi connectivity index (χ1v) is 3.91.